The molecule has 0 aromatic rings. The second-order valence-corrected chi connectivity index (χ2v) is 9.89. The Morgan fingerprint density at radius 2 is 1.79 bits per heavy atom. The van der Waals surface area contributed by atoms with E-state index in [1.54, 1.807) is 11.4 Å². The minimum absolute atomic E-state index is 0. The first-order valence-electron chi connectivity index (χ1n) is 10.3. The first-order chi connectivity index (χ1) is 13.1. The molecule has 0 atom stereocenters. The van der Waals surface area contributed by atoms with Crippen LogP contribution in [0.25, 0.3) is 0 Å². The molecule has 0 radical (unpaired) electrons. The minimum Gasteiger partial charge on any atom is -0.379 e. The van der Waals surface area contributed by atoms with Crippen LogP contribution < -0.4 is 10.6 Å². The van der Waals surface area contributed by atoms with E-state index >= 15 is 0 Å². The summed E-state index contributed by atoms with van der Waals surface area (Å²) in [4.78, 5) is 6.94. The summed E-state index contributed by atoms with van der Waals surface area (Å²) in [5, 5.41) is 6.80. The van der Waals surface area contributed by atoms with E-state index in [4.69, 9.17) is 4.74 Å². The second-order valence-electron chi connectivity index (χ2n) is 7.81. The maximum absolute atomic E-state index is 11.9. The predicted octanol–water partition coefficient (Wildman–Crippen LogP) is 0.840. The lowest BCUT2D eigenvalue weighted by Gasteiger charge is -2.48. The van der Waals surface area contributed by atoms with Crippen LogP contribution in [0.5, 0.6) is 0 Å². The highest BCUT2D eigenvalue weighted by Crippen LogP contribution is 2.33. The number of morpholine rings is 1. The van der Waals surface area contributed by atoms with Crippen molar-refractivity contribution >= 4 is 40.0 Å². The van der Waals surface area contributed by atoms with Crippen molar-refractivity contribution in [3.05, 3.63) is 0 Å². The van der Waals surface area contributed by atoms with Crippen LogP contribution in [0.15, 0.2) is 4.99 Å². The molecule has 0 amide bonds. The van der Waals surface area contributed by atoms with Crippen molar-refractivity contribution in [3.63, 3.8) is 0 Å². The second kappa shape index (κ2) is 11.3. The maximum atomic E-state index is 11.9. The Balaban J connectivity index is 0.00000280. The maximum Gasteiger partial charge on any atom is 0.214 e. The summed E-state index contributed by atoms with van der Waals surface area (Å²) >= 11 is 0. The van der Waals surface area contributed by atoms with Gasteiger partial charge < -0.3 is 15.4 Å². The average Bonchev–Trinajstić information content (AvgIpc) is 3.04. The van der Waals surface area contributed by atoms with Crippen molar-refractivity contribution in [2.75, 3.05) is 65.3 Å². The van der Waals surface area contributed by atoms with Gasteiger partial charge in [0.1, 0.15) is 0 Å². The predicted molar refractivity (Wildman–Crippen MR) is 123 cm³/mol. The molecule has 8 nitrogen and oxygen atoms in total. The Bertz CT molecular complexity index is 604. The fraction of sp³-hybridized carbons (Fsp3) is 0.944. The fourth-order valence-corrected chi connectivity index (χ4v) is 6.09. The number of halogens is 1. The van der Waals surface area contributed by atoms with Crippen LogP contribution in [0.2, 0.25) is 0 Å². The Hall–Kier alpha value is -0.170. The van der Waals surface area contributed by atoms with Crippen molar-refractivity contribution in [3.8, 4) is 0 Å². The Labute approximate surface area is 186 Å². The number of hydrogen-bond acceptors (Lipinski definition) is 5. The summed E-state index contributed by atoms with van der Waals surface area (Å²) in [6.07, 6.45) is 7.03. The van der Waals surface area contributed by atoms with Gasteiger partial charge >= 0.3 is 0 Å². The lowest BCUT2D eigenvalue weighted by molar-refractivity contribution is -0.0352. The minimum atomic E-state index is -3.03. The van der Waals surface area contributed by atoms with Gasteiger partial charge in [-0.2, -0.15) is 0 Å². The molecule has 3 aliphatic rings. The molecule has 0 spiro atoms. The van der Waals surface area contributed by atoms with Gasteiger partial charge in [-0.3, -0.25) is 9.89 Å². The zero-order valence-electron chi connectivity index (χ0n) is 17.0. The van der Waals surface area contributed by atoms with Crippen LogP contribution in [0.3, 0.4) is 0 Å². The molecule has 0 aromatic carbocycles. The number of rotatable bonds is 6. The molecule has 2 heterocycles. The molecule has 1 saturated carbocycles. The van der Waals surface area contributed by atoms with Gasteiger partial charge in [0.15, 0.2) is 5.96 Å². The van der Waals surface area contributed by atoms with Crippen molar-refractivity contribution in [1.29, 1.82) is 0 Å². The van der Waals surface area contributed by atoms with E-state index in [2.05, 4.69) is 20.5 Å². The molecule has 2 N–H and O–H groups in total. The van der Waals surface area contributed by atoms with Crippen LogP contribution in [-0.2, 0) is 14.8 Å². The summed E-state index contributed by atoms with van der Waals surface area (Å²) < 4.78 is 30.9. The van der Waals surface area contributed by atoms with E-state index < -0.39 is 10.0 Å². The van der Waals surface area contributed by atoms with Crippen molar-refractivity contribution in [2.24, 2.45) is 4.99 Å². The summed E-state index contributed by atoms with van der Waals surface area (Å²) in [6, 6.07) is 0. The molecule has 164 valence electrons. The summed E-state index contributed by atoms with van der Waals surface area (Å²) in [6.45, 7) is 6.21. The lowest BCUT2D eigenvalue weighted by atomic mass is 9.80. The topological polar surface area (TPSA) is 86.3 Å². The van der Waals surface area contributed by atoms with Gasteiger partial charge in [0.05, 0.1) is 19.0 Å². The van der Waals surface area contributed by atoms with Crippen LogP contribution in [-0.4, -0.2) is 94.4 Å². The number of ether oxygens (including phenoxy) is 1. The monoisotopic (exact) mass is 529 g/mol. The number of aliphatic imine (C=N–C) groups is 1. The average molecular weight is 529 g/mol. The highest BCUT2D eigenvalue weighted by molar-refractivity contribution is 14.0. The van der Waals surface area contributed by atoms with Gasteiger partial charge in [-0.1, -0.05) is 19.3 Å². The number of sulfonamides is 1. The van der Waals surface area contributed by atoms with Crippen LogP contribution >= 0.6 is 24.0 Å². The number of hydrogen-bond donors (Lipinski definition) is 2. The zero-order chi connectivity index (χ0) is 19.2. The van der Waals surface area contributed by atoms with Crippen molar-refractivity contribution in [2.45, 2.75) is 44.1 Å². The normalized spacial score (nSPS) is 25.8. The Morgan fingerprint density at radius 3 is 2.39 bits per heavy atom. The molecule has 2 aliphatic heterocycles. The first kappa shape index (κ1) is 24.1. The smallest absolute Gasteiger partial charge is 0.214 e. The third-order valence-electron chi connectivity index (χ3n) is 6.13. The number of nitrogens with zero attached hydrogens (tertiary/aromatic N) is 3. The van der Waals surface area contributed by atoms with Gasteiger partial charge in [0.25, 0.3) is 0 Å². The molecule has 2 saturated heterocycles. The van der Waals surface area contributed by atoms with Gasteiger partial charge in [0, 0.05) is 51.9 Å². The van der Waals surface area contributed by atoms with Crippen LogP contribution in [0.4, 0.5) is 0 Å². The molecule has 0 aromatic heterocycles. The van der Waals surface area contributed by atoms with Gasteiger partial charge in [-0.05, 0) is 19.3 Å². The van der Waals surface area contributed by atoms with E-state index in [0.29, 0.717) is 19.6 Å². The van der Waals surface area contributed by atoms with Crippen LogP contribution in [0.1, 0.15) is 38.5 Å². The third kappa shape index (κ3) is 6.16. The molecular formula is C18H36IN5O3S. The fourth-order valence-electron chi connectivity index (χ4n) is 4.56. The van der Waals surface area contributed by atoms with E-state index in [-0.39, 0.29) is 35.3 Å². The van der Waals surface area contributed by atoms with Crippen molar-refractivity contribution in [1.82, 2.24) is 19.8 Å². The molecule has 0 bridgehead atoms. The Kier molecular flexibility index (Phi) is 9.71. The van der Waals surface area contributed by atoms with E-state index in [1.807, 2.05) is 0 Å². The summed E-state index contributed by atoms with van der Waals surface area (Å²) in [7, 11) is -1.26. The summed E-state index contributed by atoms with van der Waals surface area (Å²) in [5.74, 6) is 1.03. The summed E-state index contributed by atoms with van der Waals surface area (Å²) in [5.41, 5.74) is 0.179. The third-order valence-corrected chi connectivity index (χ3v) is 8.09. The SMILES string of the molecule is CN=C(NCCN1CCCS1(=O)=O)NCC1(N2CCOCC2)CCCCC1.I. The molecule has 28 heavy (non-hydrogen) atoms. The van der Waals surface area contributed by atoms with Crippen LogP contribution in [0, 0.1) is 0 Å². The van der Waals surface area contributed by atoms with Crippen molar-refractivity contribution < 1.29 is 13.2 Å². The number of nitrogens with one attached hydrogen (secondary N) is 2. The lowest BCUT2D eigenvalue weighted by Crippen LogP contribution is -2.60. The van der Waals surface area contributed by atoms with E-state index in [1.165, 1.54) is 32.1 Å². The molecule has 10 heteroatoms. The largest absolute Gasteiger partial charge is 0.379 e. The van der Waals surface area contributed by atoms with Gasteiger partial charge in [0.2, 0.25) is 10.0 Å². The first-order valence-corrected chi connectivity index (χ1v) is 11.9. The molecular weight excluding hydrogens is 493 g/mol. The standard InChI is InChI=1S/C18H35N5O3S.HI/c1-19-17(20-8-10-23-9-5-15-27(23,24)25)21-16-18(6-3-2-4-7-18)22-11-13-26-14-12-22;/h2-16H2,1H3,(H2,19,20,21);1H. The molecule has 3 fully saturated rings. The zero-order valence-corrected chi connectivity index (χ0v) is 20.1. The highest BCUT2D eigenvalue weighted by Gasteiger charge is 2.38. The molecule has 3 rings (SSSR count). The highest BCUT2D eigenvalue weighted by atomic mass is 127. The van der Waals surface area contributed by atoms with Gasteiger partial charge in [-0.15, -0.1) is 24.0 Å². The number of guanidine groups is 1. The Morgan fingerprint density at radius 1 is 1.07 bits per heavy atom. The molecule has 1 aliphatic carbocycles. The quantitative estimate of drug-likeness (QED) is 0.302. The molecule has 0 unspecified atom stereocenters. The van der Waals surface area contributed by atoms with E-state index in [0.717, 1.165) is 45.2 Å². The van der Waals surface area contributed by atoms with E-state index in [9.17, 15) is 8.42 Å². The van der Waals surface area contributed by atoms with Gasteiger partial charge in [-0.25, -0.2) is 12.7 Å².